The number of nitrogens with zero attached hydrogens (tertiary/aromatic N) is 2. The maximum Gasteiger partial charge on any atom is 0.289 e. The van der Waals surface area contributed by atoms with E-state index in [-0.39, 0.29) is 17.5 Å². The highest BCUT2D eigenvalue weighted by Gasteiger charge is 2.36. The highest BCUT2D eigenvalue weighted by Crippen LogP contribution is 2.31. The molecule has 1 atom stereocenters. The van der Waals surface area contributed by atoms with Crippen LogP contribution in [0.1, 0.15) is 5.56 Å². The predicted molar refractivity (Wildman–Crippen MR) is 88.5 cm³/mol. The third-order valence-corrected chi connectivity index (χ3v) is 5.56. The Labute approximate surface area is 139 Å². The average molecular weight is 348 g/mol. The van der Waals surface area contributed by atoms with Gasteiger partial charge in [-0.2, -0.15) is 0 Å². The lowest BCUT2D eigenvalue weighted by atomic mass is 10.2. The minimum atomic E-state index is -4.09. The van der Waals surface area contributed by atoms with Crippen molar-refractivity contribution in [1.82, 2.24) is 0 Å². The van der Waals surface area contributed by atoms with E-state index in [1.807, 2.05) is 6.92 Å². The summed E-state index contributed by atoms with van der Waals surface area (Å²) in [6.45, 7) is 2.50. The average Bonchev–Trinajstić information content (AvgIpc) is 3.37. The first-order valence-corrected chi connectivity index (χ1v) is 8.78. The Balaban J connectivity index is 2.09. The van der Waals surface area contributed by atoms with E-state index in [0.29, 0.717) is 12.3 Å². The van der Waals surface area contributed by atoms with Crippen LogP contribution >= 0.6 is 0 Å². The van der Waals surface area contributed by atoms with Crippen LogP contribution in [0.2, 0.25) is 0 Å². The monoisotopic (exact) mass is 348 g/mol. The van der Waals surface area contributed by atoms with Gasteiger partial charge in [-0.3, -0.25) is 14.4 Å². The van der Waals surface area contributed by atoms with Crippen LogP contribution in [0.3, 0.4) is 0 Å². The zero-order chi connectivity index (χ0) is 17.3. The van der Waals surface area contributed by atoms with E-state index in [1.54, 1.807) is 24.3 Å². The fourth-order valence-electron chi connectivity index (χ4n) is 2.36. The van der Waals surface area contributed by atoms with Crippen LogP contribution in [0.25, 0.3) is 0 Å². The fourth-order valence-corrected chi connectivity index (χ4v) is 4.01. The van der Waals surface area contributed by atoms with Crippen LogP contribution < -0.4 is 4.31 Å². The van der Waals surface area contributed by atoms with Gasteiger partial charge in [0.05, 0.1) is 29.9 Å². The van der Waals surface area contributed by atoms with Gasteiger partial charge in [0.25, 0.3) is 15.7 Å². The van der Waals surface area contributed by atoms with Crippen molar-refractivity contribution >= 4 is 21.4 Å². The van der Waals surface area contributed by atoms with Gasteiger partial charge in [0.2, 0.25) is 0 Å². The van der Waals surface area contributed by atoms with E-state index in [1.165, 1.54) is 28.6 Å². The van der Waals surface area contributed by atoms with Crippen molar-refractivity contribution in [3.63, 3.8) is 0 Å². The Morgan fingerprint density at radius 3 is 2.42 bits per heavy atom. The molecule has 8 heteroatoms. The predicted octanol–water partition coefficient (Wildman–Crippen LogP) is 2.50. The molecule has 0 unspecified atom stereocenters. The van der Waals surface area contributed by atoms with Crippen LogP contribution in [0.4, 0.5) is 11.4 Å². The quantitative estimate of drug-likeness (QED) is 0.454. The van der Waals surface area contributed by atoms with Gasteiger partial charge in [0.1, 0.15) is 0 Å². The van der Waals surface area contributed by atoms with Crippen molar-refractivity contribution in [2.75, 3.05) is 17.5 Å². The number of epoxide rings is 1. The number of benzene rings is 2. The third kappa shape index (κ3) is 3.24. The minimum Gasteiger partial charge on any atom is -0.371 e. The van der Waals surface area contributed by atoms with Gasteiger partial charge in [-0.25, -0.2) is 8.42 Å². The number of anilines is 1. The molecule has 0 amide bonds. The summed E-state index contributed by atoms with van der Waals surface area (Å²) in [6, 6.07) is 12.3. The SMILES string of the molecule is Cc1ccc(N(C[C@H]2CO2)S(=O)(=O)c2ccccc2[N+](=O)[O-])cc1. The second-order valence-corrected chi connectivity index (χ2v) is 7.38. The highest BCUT2D eigenvalue weighted by atomic mass is 32.2. The summed E-state index contributed by atoms with van der Waals surface area (Å²) >= 11 is 0. The van der Waals surface area contributed by atoms with Crippen molar-refractivity contribution in [3.8, 4) is 0 Å². The summed E-state index contributed by atoms with van der Waals surface area (Å²) in [4.78, 5) is 10.2. The van der Waals surface area contributed by atoms with Gasteiger partial charge in [-0.1, -0.05) is 29.8 Å². The Kier molecular flexibility index (Phi) is 4.25. The lowest BCUT2D eigenvalue weighted by Gasteiger charge is -2.23. The maximum atomic E-state index is 13.1. The van der Waals surface area contributed by atoms with Gasteiger partial charge in [0.15, 0.2) is 4.90 Å². The maximum absolute atomic E-state index is 13.1. The van der Waals surface area contributed by atoms with Crippen molar-refractivity contribution in [1.29, 1.82) is 0 Å². The molecule has 2 aromatic rings. The van der Waals surface area contributed by atoms with Gasteiger partial charge in [-0.15, -0.1) is 0 Å². The summed E-state index contributed by atoms with van der Waals surface area (Å²) in [5, 5.41) is 11.2. The summed E-state index contributed by atoms with van der Waals surface area (Å²) < 4.78 is 32.5. The number of ether oxygens (including phenoxy) is 1. The van der Waals surface area contributed by atoms with E-state index in [0.717, 1.165) is 5.56 Å². The molecule has 1 fully saturated rings. The third-order valence-electron chi connectivity index (χ3n) is 3.72. The number of sulfonamides is 1. The van der Waals surface area contributed by atoms with Crippen LogP contribution in [0.5, 0.6) is 0 Å². The first-order valence-electron chi connectivity index (χ1n) is 7.34. The number of hydrogen-bond donors (Lipinski definition) is 0. The fraction of sp³-hybridized carbons (Fsp3) is 0.250. The lowest BCUT2D eigenvalue weighted by Crippen LogP contribution is -2.34. The molecule has 1 aliphatic heterocycles. The Hall–Kier alpha value is -2.45. The molecular weight excluding hydrogens is 332 g/mol. The summed E-state index contributed by atoms with van der Waals surface area (Å²) in [6.07, 6.45) is -0.191. The molecule has 3 rings (SSSR count). The smallest absolute Gasteiger partial charge is 0.289 e. The Morgan fingerprint density at radius 1 is 1.21 bits per heavy atom. The van der Waals surface area contributed by atoms with Crippen molar-refractivity contribution in [2.24, 2.45) is 0 Å². The Bertz CT molecular complexity index is 860. The summed E-state index contributed by atoms with van der Waals surface area (Å²) in [5.74, 6) is 0. The molecule has 0 aromatic heterocycles. The largest absolute Gasteiger partial charge is 0.371 e. The van der Waals surface area contributed by atoms with Crippen molar-refractivity contribution < 1.29 is 18.1 Å². The number of aryl methyl sites for hydroxylation is 1. The Morgan fingerprint density at radius 2 is 1.83 bits per heavy atom. The first-order chi connectivity index (χ1) is 11.4. The van der Waals surface area contributed by atoms with Gasteiger partial charge >= 0.3 is 0 Å². The topological polar surface area (TPSA) is 93.1 Å². The number of nitro benzene ring substituents is 1. The molecule has 126 valence electrons. The van der Waals surface area contributed by atoms with Crippen LogP contribution in [0.15, 0.2) is 53.4 Å². The normalized spacial score (nSPS) is 16.6. The van der Waals surface area contributed by atoms with Crippen LogP contribution in [-0.4, -0.2) is 32.6 Å². The molecule has 2 aromatic carbocycles. The number of hydrogen-bond acceptors (Lipinski definition) is 5. The molecule has 0 spiro atoms. The van der Waals surface area contributed by atoms with E-state index in [4.69, 9.17) is 4.74 Å². The zero-order valence-electron chi connectivity index (χ0n) is 13.0. The van der Waals surface area contributed by atoms with E-state index < -0.39 is 20.6 Å². The van der Waals surface area contributed by atoms with Gasteiger partial charge in [0, 0.05) is 6.07 Å². The van der Waals surface area contributed by atoms with Crippen LogP contribution in [-0.2, 0) is 14.8 Å². The lowest BCUT2D eigenvalue weighted by molar-refractivity contribution is -0.387. The number of rotatable bonds is 6. The van der Waals surface area contributed by atoms with Gasteiger partial charge < -0.3 is 4.74 Å². The molecule has 0 saturated carbocycles. The molecule has 7 nitrogen and oxygen atoms in total. The zero-order valence-corrected chi connectivity index (χ0v) is 13.8. The van der Waals surface area contributed by atoms with Gasteiger partial charge in [-0.05, 0) is 25.1 Å². The molecule has 1 aliphatic rings. The second kappa shape index (κ2) is 6.21. The van der Waals surface area contributed by atoms with Crippen LogP contribution in [0, 0.1) is 17.0 Å². The van der Waals surface area contributed by atoms with E-state index >= 15 is 0 Å². The minimum absolute atomic E-state index is 0.122. The molecule has 1 heterocycles. The summed E-state index contributed by atoms with van der Waals surface area (Å²) in [7, 11) is -4.09. The highest BCUT2D eigenvalue weighted by molar-refractivity contribution is 7.93. The summed E-state index contributed by atoms with van der Waals surface area (Å²) in [5.41, 5.74) is 1.00. The molecule has 24 heavy (non-hydrogen) atoms. The number of para-hydroxylation sites is 1. The standard InChI is InChI=1S/C16H16N2O5S/c1-12-6-8-13(9-7-12)17(10-14-11-23-14)24(21,22)16-5-3-2-4-15(16)18(19)20/h2-9,14H,10-11H2,1H3/t14-/m0/s1. The molecule has 0 bridgehead atoms. The van der Waals surface area contributed by atoms with Crippen molar-refractivity contribution in [2.45, 2.75) is 17.9 Å². The van der Waals surface area contributed by atoms with E-state index in [9.17, 15) is 18.5 Å². The van der Waals surface area contributed by atoms with E-state index in [2.05, 4.69) is 0 Å². The molecule has 0 radical (unpaired) electrons. The molecule has 0 N–H and O–H groups in total. The molecule has 0 aliphatic carbocycles. The van der Waals surface area contributed by atoms with Crippen molar-refractivity contribution in [3.05, 3.63) is 64.2 Å². The first kappa shape index (κ1) is 16.4. The molecule has 1 saturated heterocycles. The number of nitro groups is 1. The molecular formula is C16H16N2O5S. The second-order valence-electron chi connectivity index (χ2n) is 5.55.